The van der Waals surface area contributed by atoms with E-state index in [0.29, 0.717) is 30.4 Å². The van der Waals surface area contributed by atoms with Gasteiger partial charge in [-0.1, -0.05) is 23.7 Å². The van der Waals surface area contributed by atoms with Crippen molar-refractivity contribution in [3.63, 3.8) is 0 Å². The molecule has 4 rings (SSSR count). The van der Waals surface area contributed by atoms with Gasteiger partial charge in [0.15, 0.2) is 0 Å². The molecule has 1 aliphatic heterocycles. The van der Waals surface area contributed by atoms with Crippen LogP contribution in [-0.2, 0) is 4.74 Å². The number of carbonyl (C=O) groups is 1. The Morgan fingerprint density at radius 2 is 1.96 bits per heavy atom. The molecular formula is C21H19ClN2O3S. The summed E-state index contributed by atoms with van der Waals surface area (Å²) in [7, 11) is 1.63. The van der Waals surface area contributed by atoms with Gasteiger partial charge in [0.1, 0.15) is 22.6 Å². The molecule has 1 fully saturated rings. The highest BCUT2D eigenvalue weighted by molar-refractivity contribution is 7.13. The summed E-state index contributed by atoms with van der Waals surface area (Å²) in [6.45, 7) is 1.54. The van der Waals surface area contributed by atoms with Crippen LogP contribution < -0.4 is 4.74 Å². The van der Waals surface area contributed by atoms with Gasteiger partial charge in [-0.2, -0.15) is 0 Å². The fraction of sp³-hybridized carbons (Fsp3) is 0.238. The second-order valence-corrected chi connectivity index (χ2v) is 7.72. The third kappa shape index (κ3) is 4.04. The maximum absolute atomic E-state index is 12.9. The number of aromatic nitrogens is 1. The monoisotopic (exact) mass is 414 g/mol. The topological polar surface area (TPSA) is 51.7 Å². The lowest BCUT2D eigenvalue weighted by molar-refractivity contribution is -0.0229. The predicted octanol–water partition coefficient (Wildman–Crippen LogP) is 4.69. The van der Waals surface area contributed by atoms with Crippen molar-refractivity contribution in [2.75, 3.05) is 26.8 Å². The van der Waals surface area contributed by atoms with E-state index in [1.807, 2.05) is 53.9 Å². The third-order valence-electron chi connectivity index (χ3n) is 4.66. The zero-order valence-electron chi connectivity index (χ0n) is 15.3. The van der Waals surface area contributed by atoms with Crippen molar-refractivity contribution in [1.82, 2.24) is 9.88 Å². The van der Waals surface area contributed by atoms with Crippen LogP contribution in [0, 0.1) is 0 Å². The standard InChI is InChI=1S/C21H19ClN2O3S/c1-26-17-8-4-15(5-9-17)20-23-18(13-28-20)21(25)24-10-11-27-19(12-24)14-2-6-16(22)7-3-14/h2-9,13,19H,10-12H2,1H3. The van der Waals surface area contributed by atoms with Crippen LogP contribution in [-0.4, -0.2) is 42.6 Å². The molecule has 0 bridgehead atoms. The van der Waals surface area contributed by atoms with Crippen LogP contribution in [0.4, 0.5) is 0 Å². The number of hydrogen-bond acceptors (Lipinski definition) is 5. The molecule has 5 nitrogen and oxygen atoms in total. The second kappa shape index (κ2) is 8.31. The number of benzene rings is 2. The van der Waals surface area contributed by atoms with Gasteiger partial charge in [-0.05, 0) is 42.0 Å². The van der Waals surface area contributed by atoms with E-state index in [4.69, 9.17) is 21.1 Å². The number of ether oxygens (including phenoxy) is 2. The fourth-order valence-corrected chi connectivity index (χ4v) is 4.04. The summed E-state index contributed by atoms with van der Waals surface area (Å²) in [4.78, 5) is 19.3. The number of hydrogen-bond donors (Lipinski definition) is 0. The minimum Gasteiger partial charge on any atom is -0.497 e. The lowest BCUT2D eigenvalue weighted by Crippen LogP contribution is -2.42. The number of methoxy groups -OCH3 is 1. The molecule has 0 radical (unpaired) electrons. The average Bonchev–Trinajstić information content (AvgIpc) is 3.24. The van der Waals surface area contributed by atoms with Crippen molar-refractivity contribution < 1.29 is 14.3 Å². The summed E-state index contributed by atoms with van der Waals surface area (Å²) in [5.74, 6) is 0.719. The minimum absolute atomic E-state index is 0.0710. The molecule has 2 heterocycles. The van der Waals surface area contributed by atoms with Crippen LogP contribution >= 0.6 is 22.9 Å². The van der Waals surface area contributed by atoms with Crippen molar-refractivity contribution >= 4 is 28.8 Å². The molecule has 1 aromatic heterocycles. The summed E-state index contributed by atoms with van der Waals surface area (Å²) in [6.07, 6.45) is -0.158. The van der Waals surface area contributed by atoms with E-state index < -0.39 is 0 Å². The Morgan fingerprint density at radius 3 is 2.68 bits per heavy atom. The zero-order chi connectivity index (χ0) is 19.5. The van der Waals surface area contributed by atoms with E-state index in [1.165, 1.54) is 11.3 Å². The van der Waals surface area contributed by atoms with Crippen LogP contribution in [0.25, 0.3) is 10.6 Å². The number of morpholine rings is 1. The van der Waals surface area contributed by atoms with Gasteiger partial charge in [0.25, 0.3) is 5.91 Å². The Morgan fingerprint density at radius 1 is 1.21 bits per heavy atom. The van der Waals surface area contributed by atoms with Gasteiger partial charge >= 0.3 is 0 Å². The summed E-state index contributed by atoms with van der Waals surface area (Å²) in [6, 6.07) is 15.2. The smallest absolute Gasteiger partial charge is 0.273 e. The molecule has 28 heavy (non-hydrogen) atoms. The molecule has 1 aliphatic rings. The van der Waals surface area contributed by atoms with Crippen LogP contribution in [0.1, 0.15) is 22.2 Å². The van der Waals surface area contributed by atoms with Gasteiger partial charge in [0.05, 0.1) is 20.3 Å². The van der Waals surface area contributed by atoms with Gasteiger partial charge in [-0.3, -0.25) is 4.79 Å². The van der Waals surface area contributed by atoms with Gasteiger partial charge in [0, 0.05) is 22.5 Å². The van der Waals surface area contributed by atoms with Crippen molar-refractivity contribution in [3.8, 4) is 16.3 Å². The Hall–Kier alpha value is -2.41. The number of rotatable bonds is 4. The maximum atomic E-state index is 12.9. The van der Waals surface area contributed by atoms with Gasteiger partial charge in [-0.25, -0.2) is 4.98 Å². The molecule has 0 saturated carbocycles. The van der Waals surface area contributed by atoms with Crippen molar-refractivity contribution in [2.24, 2.45) is 0 Å². The Balaban J connectivity index is 1.48. The van der Waals surface area contributed by atoms with E-state index in [1.54, 1.807) is 12.0 Å². The molecular weight excluding hydrogens is 396 g/mol. The summed E-state index contributed by atoms with van der Waals surface area (Å²) in [5.41, 5.74) is 2.44. The highest BCUT2D eigenvalue weighted by Crippen LogP contribution is 2.28. The van der Waals surface area contributed by atoms with Crippen LogP contribution in [0.15, 0.2) is 53.9 Å². The molecule has 1 atom stereocenters. The van der Waals surface area contributed by atoms with Crippen molar-refractivity contribution in [2.45, 2.75) is 6.10 Å². The summed E-state index contributed by atoms with van der Waals surface area (Å²) >= 11 is 7.42. The molecule has 7 heteroatoms. The number of amides is 1. The first-order valence-electron chi connectivity index (χ1n) is 8.90. The second-order valence-electron chi connectivity index (χ2n) is 6.43. The number of carbonyl (C=O) groups excluding carboxylic acids is 1. The van der Waals surface area contributed by atoms with Gasteiger partial charge in [-0.15, -0.1) is 11.3 Å². The normalized spacial score (nSPS) is 16.8. The van der Waals surface area contributed by atoms with Crippen LogP contribution in [0.2, 0.25) is 5.02 Å². The first-order valence-corrected chi connectivity index (χ1v) is 10.2. The maximum Gasteiger partial charge on any atom is 0.273 e. The molecule has 3 aromatic rings. The van der Waals surface area contributed by atoms with Crippen LogP contribution in [0.5, 0.6) is 5.75 Å². The lowest BCUT2D eigenvalue weighted by atomic mass is 10.1. The first-order chi connectivity index (χ1) is 13.6. The summed E-state index contributed by atoms with van der Waals surface area (Å²) < 4.78 is 11.0. The fourth-order valence-electron chi connectivity index (χ4n) is 3.11. The highest BCUT2D eigenvalue weighted by Gasteiger charge is 2.27. The molecule has 0 N–H and O–H groups in total. The van der Waals surface area contributed by atoms with Crippen molar-refractivity contribution in [1.29, 1.82) is 0 Å². The van der Waals surface area contributed by atoms with E-state index >= 15 is 0 Å². The Bertz CT molecular complexity index is 957. The Labute approximate surface area is 172 Å². The lowest BCUT2D eigenvalue weighted by Gasteiger charge is -2.32. The molecule has 0 aliphatic carbocycles. The first kappa shape index (κ1) is 18.9. The molecule has 1 unspecified atom stereocenters. The quantitative estimate of drug-likeness (QED) is 0.621. The number of thiazole rings is 1. The van der Waals surface area contributed by atoms with E-state index in [2.05, 4.69) is 4.98 Å². The molecule has 2 aromatic carbocycles. The third-order valence-corrected chi connectivity index (χ3v) is 5.80. The average molecular weight is 415 g/mol. The minimum atomic E-state index is -0.158. The summed E-state index contributed by atoms with van der Waals surface area (Å²) in [5, 5.41) is 3.31. The number of nitrogens with zero attached hydrogens (tertiary/aromatic N) is 2. The van der Waals surface area contributed by atoms with Gasteiger partial charge in [0.2, 0.25) is 0 Å². The largest absolute Gasteiger partial charge is 0.497 e. The SMILES string of the molecule is COc1ccc(-c2nc(C(=O)N3CCOC(c4ccc(Cl)cc4)C3)cs2)cc1. The predicted molar refractivity (Wildman–Crippen MR) is 110 cm³/mol. The zero-order valence-corrected chi connectivity index (χ0v) is 16.9. The van der Waals surface area contributed by atoms with E-state index in [9.17, 15) is 4.79 Å². The molecule has 1 saturated heterocycles. The van der Waals surface area contributed by atoms with E-state index in [0.717, 1.165) is 21.9 Å². The number of halogens is 1. The van der Waals surface area contributed by atoms with Crippen LogP contribution in [0.3, 0.4) is 0 Å². The molecule has 1 amide bonds. The van der Waals surface area contributed by atoms with E-state index in [-0.39, 0.29) is 12.0 Å². The van der Waals surface area contributed by atoms with Crippen molar-refractivity contribution in [3.05, 3.63) is 70.2 Å². The Kier molecular flexibility index (Phi) is 5.62. The molecule has 0 spiro atoms. The highest BCUT2D eigenvalue weighted by atomic mass is 35.5. The van der Waals surface area contributed by atoms with Gasteiger partial charge < -0.3 is 14.4 Å². The molecule has 144 valence electrons.